The Morgan fingerprint density at radius 1 is 1.03 bits per heavy atom. The Morgan fingerprint density at radius 3 is 2.65 bits per heavy atom. The molecular formula is C26H24F2N8O. The molecule has 0 bridgehead atoms. The van der Waals surface area contributed by atoms with Gasteiger partial charge in [0, 0.05) is 62.9 Å². The topological polar surface area (TPSA) is 94.4 Å². The number of rotatable bonds is 5. The molecule has 0 atom stereocenters. The highest BCUT2D eigenvalue weighted by molar-refractivity contribution is 5.87. The minimum Gasteiger partial charge on any atom is -0.346 e. The van der Waals surface area contributed by atoms with E-state index < -0.39 is 17.1 Å². The van der Waals surface area contributed by atoms with Crippen molar-refractivity contribution in [2.75, 3.05) is 38.5 Å². The first-order valence-corrected chi connectivity index (χ1v) is 11.9. The van der Waals surface area contributed by atoms with Crippen molar-refractivity contribution in [3.63, 3.8) is 0 Å². The number of aromatic amines is 1. The van der Waals surface area contributed by atoms with Crippen molar-refractivity contribution in [2.24, 2.45) is 0 Å². The molecule has 0 radical (unpaired) electrons. The van der Waals surface area contributed by atoms with Gasteiger partial charge in [-0.15, -0.1) is 0 Å². The van der Waals surface area contributed by atoms with Crippen LogP contribution in [0.2, 0.25) is 0 Å². The number of pyridine rings is 2. The molecule has 9 nitrogen and oxygen atoms in total. The number of hydrogen-bond acceptors (Lipinski definition) is 7. The molecule has 11 heteroatoms. The number of imidazole rings is 1. The molecular weight excluding hydrogens is 478 g/mol. The number of benzene rings is 1. The minimum atomic E-state index is -0.752. The number of fused-ring (bicyclic) bond motifs is 3. The molecule has 188 valence electrons. The first-order chi connectivity index (χ1) is 17.9. The molecule has 6 rings (SSSR count). The van der Waals surface area contributed by atoms with Crippen molar-refractivity contribution in [2.45, 2.75) is 6.54 Å². The molecule has 0 saturated carbocycles. The molecule has 0 unspecified atom stereocenters. The van der Waals surface area contributed by atoms with Crippen LogP contribution in [0, 0.1) is 11.6 Å². The molecule has 5 aromatic rings. The summed E-state index contributed by atoms with van der Waals surface area (Å²) >= 11 is 0. The number of aromatic nitrogens is 5. The van der Waals surface area contributed by atoms with Gasteiger partial charge in [-0.25, -0.2) is 23.7 Å². The molecule has 1 aliphatic heterocycles. The molecule has 1 saturated heterocycles. The van der Waals surface area contributed by atoms with Crippen molar-refractivity contribution in [1.29, 1.82) is 0 Å². The third-order valence-corrected chi connectivity index (χ3v) is 6.64. The summed E-state index contributed by atoms with van der Waals surface area (Å²) in [4.78, 5) is 32.8. The Kier molecular flexibility index (Phi) is 5.85. The van der Waals surface area contributed by atoms with Gasteiger partial charge in [-0.3, -0.25) is 9.69 Å². The van der Waals surface area contributed by atoms with Gasteiger partial charge in [0.25, 0.3) is 0 Å². The summed E-state index contributed by atoms with van der Waals surface area (Å²) in [5.41, 5.74) is 1.53. The summed E-state index contributed by atoms with van der Waals surface area (Å²) in [5, 5.41) is 2.92. The van der Waals surface area contributed by atoms with Crippen molar-refractivity contribution in [1.82, 2.24) is 34.1 Å². The molecule has 2 N–H and O–H groups in total. The maximum atomic E-state index is 15.0. The van der Waals surface area contributed by atoms with E-state index in [1.807, 2.05) is 12.1 Å². The quantitative estimate of drug-likeness (QED) is 0.380. The highest BCUT2D eigenvalue weighted by Crippen LogP contribution is 2.27. The van der Waals surface area contributed by atoms with Gasteiger partial charge in [0.1, 0.15) is 23.0 Å². The minimum absolute atomic E-state index is 0.0745. The van der Waals surface area contributed by atoms with Crippen LogP contribution < -0.4 is 10.7 Å². The summed E-state index contributed by atoms with van der Waals surface area (Å²) in [6, 6.07) is 7.78. The van der Waals surface area contributed by atoms with E-state index in [2.05, 4.69) is 42.1 Å². The van der Waals surface area contributed by atoms with Gasteiger partial charge in [-0.2, -0.15) is 0 Å². The number of hydrogen-bond donors (Lipinski definition) is 2. The number of anilines is 2. The lowest BCUT2D eigenvalue weighted by Gasteiger charge is -2.32. The van der Waals surface area contributed by atoms with Crippen LogP contribution in [0.15, 0.2) is 59.9 Å². The molecule has 1 aromatic carbocycles. The van der Waals surface area contributed by atoms with Crippen LogP contribution in [0.1, 0.15) is 5.56 Å². The Hall–Kier alpha value is -4.22. The van der Waals surface area contributed by atoms with E-state index in [1.54, 1.807) is 29.1 Å². The van der Waals surface area contributed by atoms with Crippen LogP contribution in [-0.2, 0) is 6.54 Å². The maximum absolute atomic E-state index is 15.0. The zero-order valence-corrected chi connectivity index (χ0v) is 20.1. The van der Waals surface area contributed by atoms with Gasteiger partial charge in [-0.05, 0) is 30.8 Å². The fraction of sp³-hybridized carbons (Fsp3) is 0.231. The van der Waals surface area contributed by atoms with Crippen LogP contribution in [0.4, 0.5) is 20.5 Å². The number of halogens is 2. The van der Waals surface area contributed by atoms with Crippen molar-refractivity contribution >= 4 is 28.3 Å². The zero-order valence-electron chi connectivity index (χ0n) is 20.1. The first-order valence-electron chi connectivity index (χ1n) is 11.9. The second kappa shape index (κ2) is 9.34. The number of nitrogens with one attached hydrogen (secondary N) is 2. The van der Waals surface area contributed by atoms with Crippen molar-refractivity contribution in [3.05, 3.63) is 82.5 Å². The Morgan fingerprint density at radius 2 is 1.86 bits per heavy atom. The predicted octanol–water partition coefficient (Wildman–Crippen LogP) is 3.40. The third kappa shape index (κ3) is 4.54. The van der Waals surface area contributed by atoms with Crippen molar-refractivity contribution < 1.29 is 8.78 Å². The van der Waals surface area contributed by atoms with Gasteiger partial charge < -0.3 is 19.6 Å². The maximum Gasteiger partial charge on any atom is 0.229 e. The summed E-state index contributed by atoms with van der Waals surface area (Å²) in [6.07, 6.45) is 6.12. The number of piperazine rings is 1. The number of nitrogens with zero attached hydrogens (tertiary/aromatic N) is 6. The van der Waals surface area contributed by atoms with Crippen LogP contribution >= 0.6 is 0 Å². The SMILES string of the molecule is CN1CCN(Cc2ccc(Nc3ncc(F)c(-c4cc(F)c5c(=O)cc6[nH]ccn6c5c4)n3)nc2)CC1. The summed E-state index contributed by atoms with van der Waals surface area (Å²) in [5.74, 6) is -0.843. The van der Waals surface area contributed by atoms with E-state index >= 15 is 4.39 Å². The smallest absolute Gasteiger partial charge is 0.229 e. The molecule has 0 amide bonds. The molecule has 1 fully saturated rings. The van der Waals surface area contributed by atoms with Crippen LogP contribution in [-0.4, -0.2) is 67.4 Å². The van der Waals surface area contributed by atoms with E-state index in [-0.39, 0.29) is 22.6 Å². The van der Waals surface area contributed by atoms with Crippen LogP contribution in [0.5, 0.6) is 0 Å². The average molecular weight is 503 g/mol. The van der Waals surface area contributed by atoms with E-state index in [0.717, 1.165) is 50.6 Å². The molecule has 4 aromatic heterocycles. The summed E-state index contributed by atoms with van der Waals surface area (Å²) in [7, 11) is 2.13. The van der Waals surface area contributed by atoms with Crippen molar-refractivity contribution in [3.8, 4) is 11.3 Å². The largest absolute Gasteiger partial charge is 0.346 e. The molecule has 0 aliphatic carbocycles. The number of H-pyrrole nitrogens is 1. The fourth-order valence-electron chi connectivity index (χ4n) is 4.63. The van der Waals surface area contributed by atoms with Gasteiger partial charge in [0.05, 0.1) is 17.1 Å². The third-order valence-electron chi connectivity index (χ3n) is 6.64. The number of likely N-dealkylation sites (N-methyl/N-ethyl adjacent to an activating group) is 1. The predicted molar refractivity (Wildman–Crippen MR) is 137 cm³/mol. The lowest BCUT2D eigenvalue weighted by atomic mass is 10.1. The molecule has 1 aliphatic rings. The van der Waals surface area contributed by atoms with Gasteiger partial charge >= 0.3 is 0 Å². The van der Waals surface area contributed by atoms with E-state index in [0.29, 0.717) is 17.0 Å². The van der Waals surface area contributed by atoms with Gasteiger partial charge in [-0.1, -0.05) is 6.07 Å². The zero-order chi connectivity index (χ0) is 25.5. The molecule has 37 heavy (non-hydrogen) atoms. The van der Waals surface area contributed by atoms with Gasteiger partial charge in [0.2, 0.25) is 5.95 Å². The van der Waals surface area contributed by atoms with Crippen LogP contribution in [0.25, 0.3) is 27.8 Å². The average Bonchev–Trinajstić information content (AvgIpc) is 3.36. The summed E-state index contributed by atoms with van der Waals surface area (Å²) in [6.45, 7) is 4.95. The van der Waals surface area contributed by atoms with Gasteiger partial charge in [0.15, 0.2) is 11.2 Å². The lowest BCUT2D eigenvalue weighted by Crippen LogP contribution is -2.43. The first kappa shape index (κ1) is 23.2. The monoisotopic (exact) mass is 502 g/mol. The lowest BCUT2D eigenvalue weighted by molar-refractivity contribution is 0.148. The van der Waals surface area contributed by atoms with E-state index in [4.69, 9.17) is 0 Å². The standard InChI is InChI=1S/C26H24F2N8O/c1-34-6-8-35(9-7-34)15-16-2-3-22(30-13-16)32-26-31-14-19(28)25(33-26)17-10-18(27)24-20(11-17)36-5-4-29-23(36)12-21(24)37/h2-5,10-14,29H,6-9,15H2,1H3,(H,30,31,32,33). The normalized spacial score (nSPS) is 15.0. The van der Waals surface area contributed by atoms with E-state index in [9.17, 15) is 9.18 Å². The Labute approximate surface area is 210 Å². The highest BCUT2D eigenvalue weighted by atomic mass is 19.1. The molecule has 5 heterocycles. The van der Waals surface area contributed by atoms with Crippen LogP contribution in [0.3, 0.4) is 0 Å². The molecule has 0 spiro atoms. The van der Waals surface area contributed by atoms with E-state index in [1.165, 1.54) is 6.07 Å². The summed E-state index contributed by atoms with van der Waals surface area (Å²) < 4.78 is 31.4. The Balaban J connectivity index is 1.27. The second-order valence-electron chi connectivity index (χ2n) is 9.22. The highest BCUT2D eigenvalue weighted by Gasteiger charge is 2.17. The Bertz CT molecular complexity index is 1660. The second-order valence-corrected chi connectivity index (χ2v) is 9.22. The fourth-order valence-corrected chi connectivity index (χ4v) is 4.63.